The second-order valence-electron chi connectivity index (χ2n) is 5.07. The molecule has 0 aliphatic carbocycles. The predicted octanol–water partition coefficient (Wildman–Crippen LogP) is 2.07. The monoisotopic (exact) mass is 288 g/mol. The summed E-state index contributed by atoms with van der Waals surface area (Å²) < 4.78 is 7.14. The van der Waals surface area contributed by atoms with Gasteiger partial charge in [0.25, 0.3) is 0 Å². The largest absolute Gasteiger partial charge is 0.497 e. The first-order valence-electron chi connectivity index (χ1n) is 7.43. The van der Waals surface area contributed by atoms with Crippen LogP contribution >= 0.6 is 0 Å². The molecule has 0 aliphatic heterocycles. The molecule has 1 heterocycles. The molecular weight excluding hydrogens is 264 g/mol. The number of benzene rings is 1. The van der Waals surface area contributed by atoms with Crippen molar-refractivity contribution in [2.45, 2.75) is 38.8 Å². The molecule has 1 aromatic carbocycles. The van der Waals surface area contributed by atoms with Gasteiger partial charge in [0.15, 0.2) is 0 Å². The van der Waals surface area contributed by atoms with Gasteiger partial charge in [0.05, 0.1) is 7.11 Å². The van der Waals surface area contributed by atoms with E-state index in [1.54, 1.807) is 13.4 Å². The van der Waals surface area contributed by atoms with Gasteiger partial charge in [0, 0.05) is 19.0 Å². The minimum absolute atomic E-state index is 0.404. The van der Waals surface area contributed by atoms with Crippen molar-refractivity contribution in [2.24, 2.45) is 0 Å². The van der Waals surface area contributed by atoms with E-state index in [0.717, 1.165) is 37.4 Å². The van der Waals surface area contributed by atoms with Crippen LogP contribution in [0.25, 0.3) is 0 Å². The second-order valence-corrected chi connectivity index (χ2v) is 5.07. The maximum Gasteiger partial charge on any atom is 0.138 e. The van der Waals surface area contributed by atoms with Crippen molar-refractivity contribution in [2.75, 3.05) is 14.2 Å². The first-order valence-corrected chi connectivity index (χ1v) is 7.43. The van der Waals surface area contributed by atoms with Crippen LogP contribution in [0.2, 0.25) is 0 Å². The Labute approximate surface area is 126 Å². The number of hydrogen-bond donors (Lipinski definition) is 1. The minimum Gasteiger partial charge on any atom is -0.497 e. The number of rotatable bonds is 8. The van der Waals surface area contributed by atoms with Crippen LogP contribution in [-0.2, 0) is 19.4 Å². The maximum absolute atomic E-state index is 5.18. The first kappa shape index (κ1) is 15.5. The third kappa shape index (κ3) is 4.29. The normalized spacial score (nSPS) is 12.3. The average molecular weight is 288 g/mol. The second kappa shape index (κ2) is 7.78. The molecule has 0 bridgehead atoms. The van der Waals surface area contributed by atoms with Crippen LogP contribution in [0.5, 0.6) is 5.75 Å². The Kier molecular flexibility index (Phi) is 5.75. The maximum atomic E-state index is 5.18. The number of nitrogens with zero attached hydrogens (tertiary/aromatic N) is 3. The van der Waals surface area contributed by atoms with Crippen molar-refractivity contribution < 1.29 is 4.74 Å². The van der Waals surface area contributed by atoms with E-state index < -0.39 is 0 Å². The number of methoxy groups -OCH3 is 1. The lowest BCUT2D eigenvalue weighted by molar-refractivity contribution is 0.414. The highest BCUT2D eigenvalue weighted by atomic mass is 16.5. The molecule has 2 aromatic rings. The molecule has 2 rings (SSSR count). The van der Waals surface area contributed by atoms with E-state index in [9.17, 15) is 0 Å². The Balaban J connectivity index is 1.89. The highest BCUT2D eigenvalue weighted by Gasteiger charge is 2.12. The van der Waals surface area contributed by atoms with E-state index in [-0.39, 0.29) is 0 Å². The summed E-state index contributed by atoms with van der Waals surface area (Å²) in [5.74, 6) is 1.95. The summed E-state index contributed by atoms with van der Waals surface area (Å²) >= 11 is 0. The van der Waals surface area contributed by atoms with Crippen LogP contribution in [-0.4, -0.2) is 35.0 Å². The van der Waals surface area contributed by atoms with Gasteiger partial charge in [0.2, 0.25) is 0 Å². The van der Waals surface area contributed by atoms with E-state index in [4.69, 9.17) is 4.74 Å². The van der Waals surface area contributed by atoms with Crippen LogP contribution < -0.4 is 10.1 Å². The molecule has 0 aliphatic rings. The molecular formula is C16H24N4O. The molecule has 1 N–H and O–H groups in total. The number of aryl methyl sites for hydroxylation is 2. The van der Waals surface area contributed by atoms with Gasteiger partial charge < -0.3 is 10.1 Å². The van der Waals surface area contributed by atoms with Crippen LogP contribution in [0.15, 0.2) is 30.6 Å². The van der Waals surface area contributed by atoms with Gasteiger partial charge in [0.1, 0.15) is 17.9 Å². The van der Waals surface area contributed by atoms with E-state index in [2.05, 4.69) is 34.5 Å². The van der Waals surface area contributed by atoms with Gasteiger partial charge in [-0.2, -0.15) is 5.10 Å². The van der Waals surface area contributed by atoms with Crippen LogP contribution in [0.4, 0.5) is 0 Å². The molecule has 114 valence electrons. The van der Waals surface area contributed by atoms with Gasteiger partial charge >= 0.3 is 0 Å². The van der Waals surface area contributed by atoms with E-state index in [1.807, 2.05) is 23.9 Å². The fourth-order valence-corrected chi connectivity index (χ4v) is 2.41. The third-order valence-electron chi connectivity index (χ3n) is 3.77. The van der Waals surface area contributed by atoms with Crippen LogP contribution in [0.1, 0.15) is 24.7 Å². The molecule has 0 saturated heterocycles. The summed E-state index contributed by atoms with van der Waals surface area (Å²) in [6.45, 7) is 2.95. The fourth-order valence-electron chi connectivity index (χ4n) is 2.41. The summed E-state index contributed by atoms with van der Waals surface area (Å²) in [6, 6.07) is 8.68. The van der Waals surface area contributed by atoms with Crippen molar-refractivity contribution >= 4 is 0 Å². The molecule has 0 radical (unpaired) electrons. The Bertz CT molecular complexity index is 535. The number of likely N-dealkylation sites (N-methyl/N-ethyl adjacent to an activating group) is 1. The molecule has 21 heavy (non-hydrogen) atoms. The molecule has 1 aromatic heterocycles. The van der Waals surface area contributed by atoms with Crippen molar-refractivity contribution in [3.8, 4) is 5.75 Å². The van der Waals surface area contributed by atoms with Crippen molar-refractivity contribution in [3.63, 3.8) is 0 Å². The van der Waals surface area contributed by atoms with Crippen molar-refractivity contribution in [1.82, 2.24) is 20.1 Å². The highest BCUT2D eigenvalue weighted by molar-refractivity contribution is 5.27. The topological polar surface area (TPSA) is 52.0 Å². The Hall–Kier alpha value is -1.88. The van der Waals surface area contributed by atoms with Gasteiger partial charge in [-0.05, 0) is 44.5 Å². The molecule has 0 saturated carbocycles. The zero-order valence-corrected chi connectivity index (χ0v) is 13.0. The fraction of sp³-hybridized carbons (Fsp3) is 0.500. The van der Waals surface area contributed by atoms with Crippen LogP contribution in [0.3, 0.4) is 0 Å². The number of nitrogens with one attached hydrogen (secondary N) is 1. The Morgan fingerprint density at radius 2 is 2.05 bits per heavy atom. The van der Waals surface area contributed by atoms with Crippen molar-refractivity contribution in [1.29, 1.82) is 0 Å². The summed E-state index contributed by atoms with van der Waals surface area (Å²) in [6.07, 6.45) is 4.64. The quantitative estimate of drug-likeness (QED) is 0.808. The zero-order chi connectivity index (χ0) is 15.1. The summed E-state index contributed by atoms with van der Waals surface area (Å²) in [5, 5.41) is 7.60. The first-order chi connectivity index (χ1) is 10.3. The van der Waals surface area contributed by atoms with Gasteiger partial charge in [-0.25, -0.2) is 4.98 Å². The standard InChI is InChI=1S/C16H24N4O/c1-4-20-16(18-12-19-20)11-14(17-2)8-5-13-6-9-15(21-3)10-7-13/h6-7,9-10,12,14,17H,4-5,8,11H2,1-3H3. The lowest BCUT2D eigenvalue weighted by Gasteiger charge is -2.16. The third-order valence-corrected chi connectivity index (χ3v) is 3.77. The minimum atomic E-state index is 0.404. The highest BCUT2D eigenvalue weighted by Crippen LogP contribution is 2.14. The average Bonchev–Trinajstić information content (AvgIpc) is 2.99. The Morgan fingerprint density at radius 1 is 1.29 bits per heavy atom. The smallest absolute Gasteiger partial charge is 0.138 e. The number of hydrogen-bond acceptors (Lipinski definition) is 4. The lowest BCUT2D eigenvalue weighted by Crippen LogP contribution is -2.29. The zero-order valence-electron chi connectivity index (χ0n) is 13.0. The number of aromatic nitrogens is 3. The molecule has 5 nitrogen and oxygen atoms in total. The Morgan fingerprint density at radius 3 is 2.67 bits per heavy atom. The van der Waals surface area contributed by atoms with Gasteiger partial charge in [-0.15, -0.1) is 0 Å². The molecule has 0 fully saturated rings. The number of ether oxygens (including phenoxy) is 1. The summed E-state index contributed by atoms with van der Waals surface area (Å²) in [4.78, 5) is 4.35. The molecule has 0 spiro atoms. The van der Waals surface area contributed by atoms with Gasteiger partial charge in [-0.1, -0.05) is 12.1 Å². The van der Waals surface area contributed by atoms with E-state index >= 15 is 0 Å². The summed E-state index contributed by atoms with van der Waals surface area (Å²) in [7, 11) is 3.70. The predicted molar refractivity (Wildman–Crippen MR) is 83.6 cm³/mol. The van der Waals surface area contributed by atoms with Gasteiger partial charge in [-0.3, -0.25) is 4.68 Å². The van der Waals surface area contributed by atoms with E-state index in [1.165, 1.54) is 5.56 Å². The lowest BCUT2D eigenvalue weighted by atomic mass is 10.0. The van der Waals surface area contributed by atoms with Crippen molar-refractivity contribution in [3.05, 3.63) is 42.0 Å². The molecule has 0 amide bonds. The molecule has 1 unspecified atom stereocenters. The van der Waals surface area contributed by atoms with Crippen LogP contribution in [0, 0.1) is 0 Å². The molecule has 5 heteroatoms. The molecule has 1 atom stereocenters. The SMILES string of the molecule is CCn1ncnc1CC(CCc1ccc(OC)cc1)NC. The summed E-state index contributed by atoms with van der Waals surface area (Å²) in [5.41, 5.74) is 1.33. The van der Waals surface area contributed by atoms with E-state index in [0.29, 0.717) is 6.04 Å².